The molecule has 3 aromatic rings. The monoisotopic (exact) mass is 355 g/mol. The van der Waals surface area contributed by atoms with Crippen molar-refractivity contribution >= 4 is 16.9 Å². The summed E-state index contributed by atoms with van der Waals surface area (Å²) in [5.74, 6) is 0.449. The summed E-state index contributed by atoms with van der Waals surface area (Å²) >= 11 is 0. The highest BCUT2D eigenvalue weighted by atomic mass is 19.1. The maximum absolute atomic E-state index is 13.6. The Bertz CT molecular complexity index is 1010. The molecule has 0 bridgehead atoms. The van der Waals surface area contributed by atoms with Gasteiger partial charge in [-0.3, -0.25) is 4.79 Å². The van der Waals surface area contributed by atoms with Crippen LogP contribution in [0, 0.1) is 11.7 Å². The van der Waals surface area contributed by atoms with Gasteiger partial charge in [-0.2, -0.15) is 0 Å². The quantitative estimate of drug-likeness (QED) is 0.754. The Labute approximate surface area is 150 Å². The number of hydrogen-bond acceptors (Lipinski definition) is 4. The minimum Gasteiger partial charge on any atom is -0.362 e. The van der Waals surface area contributed by atoms with E-state index in [0.29, 0.717) is 28.5 Å². The molecule has 1 saturated carbocycles. The molecule has 0 aliphatic heterocycles. The minimum absolute atomic E-state index is 0.157. The number of aromatic nitrogens is 4. The molecule has 26 heavy (non-hydrogen) atoms. The number of nitrogens with one attached hydrogen (secondary N) is 2. The van der Waals surface area contributed by atoms with Gasteiger partial charge >= 0.3 is 0 Å². The third-order valence-corrected chi connectivity index (χ3v) is 5.28. The van der Waals surface area contributed by atoms with Crippen LogP contribution in [0.2, 0.25) is 0 Å². The molecule has 0 saturated heterocycles. The van der Waals surface area contributed by atoms with Crippen molar-refractivity contribution in [2.45, 2.75) is 38.6 Å². The van der Waals surface area contributed by atoms with Crippen LogP contribution in [0.5, 0.6) is 0 Å². The first-order valence-electron chi connectivity index (χ1n) is 9.00. The zero-order chi connectivity index (χ0) is 18.3. The molecule has 0 radical (unpaired) electrons. The Hall–Kier alpha value is -2.70. The standard InChI is InChI=1S/C19H22FN5O/c1-11-5-3-4-6-15(11)23-18-19(26)25(2)10-16(24-18)14-9-22-17-13(14)7-12(20)8-21-17/h7-11,15H,3-6H2,1-2H3,(H,21,22)(H,23,24). The molecular weight excluding hydrogens is 333 g/mol. The van der Waals surface area contributed by atoms with Crippen LogP contribution in [0.3, 0.4) is 0 Å². The molecule has 7 heteroatoms. The van der Waals surface area contributed by atoms with Gasteiger partial charge in [-0.05, 0) is 24.8 Å². The first-order chi connectivity index (χ1) is 12.5. The van der Waals surface area contributed by atoms with E-state index in [2.05, 4.69) is 27.2 Å². The number of aromatic amines is 1. The second-order valence-electron chi connectivity index (χ2n) is 7.16. The van der Waals surface area contributed by atoms with Crippen LogP contribution < -0.4 is 10.9 Å². The molecule has 1 fully saturated rings. The molecule has 0 aromatic carbocycles. The van der Waals surface area contributed by atoms with Crippen LogP contribution in [-0.4, -0.2) is 25.6 Å². The number of pyridine rings is 1. The van der Waals surface area contributed by atoms with Crippen molar-refractivity contribution in [2.24, 2.45) is 13.0 Å². The molecule has 6 nitrogen and oxygen atoms in total. The number of fused-ring (bicyclic) bond motifs is 1. The highest BCUT2D eigenvalue weighted by molar-refractivity contribution is 5.92. The van der Waals surface area contributed by atoms with E-state index in [-0.39, 0.29) is 11.6 Å². The molecule has 2 atom stereocenters. The third-order valence-electron chi connectivity index (χ3n) is 5.28. The molecule has 2 N–H and O–H groups in total. The third kappa shape index (κ3) is 2.98. The van der Waals surface area contributed by atoms with Gasteiger partial charge in [0.15, 0.2) is 5.82 Å². The summed E-state index contributed by atoms with van der Waals surface area (Å²) in [4.78, 5) is 24.2. The summed E-state index contributed by atoms with van der Waals surface area (Å²) in [6, 6.07) is 1.68. The van der Waals surface area contributed by atoms with E-state index in [4.69, 9.17) is 0 Å². The first kappa shape index (κ1) is 16.8. The van der Waals surface area contributed by atoms with Crippen LogP contribution >= 0.6 is 0 Å². The van der Waals surface area contributed by atoms with Crippen LogP contribution in [0.25, 0.3) is 22.3 Å². The molecule has 3 aromatic heterocycles. The number of nitrogens with zero attached hydrogens (tertiary/aromatic N) is 3. The van der Waals surface area contributed by atoms with Gasteiger partial charge in [0.1, 0.15) is 11.5 Å². The van der Waals surface area contributed by atoms with Gasteiger partial charge < -0.3 is 14.9 Å². The van der Waals surface area contributed by atoms with Crippen molar-refractivity contribution in [3.8, 4) is 11.3 Å². The van der Waals surface area contributed by atoms with E-state index >= 15 is 0 Å². The lowest BCUT2D eigenvalue weighted by Gasteiger charge is -2.29. The highest BCUT2D eigenvalue weighted by Gasteiger charge is 2.23. The van der Waals surface area contributed by atoms with Crippen LogP contribution in [0.15, 0.2) is 29.5 Å². The molecule has 0 amide bonds. The van der Waals surface area contributed by atoms with Crippen LogP contribution in [0.1, 0.15) is 32.6 Å². The number of aryl methyl sites for hydroxylation is 1. The molecule has 4 rings (SSSR count). The van der Waals surface area contributed by atoms with E-state index in [1.54, 1.807) is 19.4 Å². The van der Waals surface area contributed by atoms with E-state index < -0.39 is 5.82 Å². The molecule has 136 valence electrons. The molecule has 3 heterocycles. The largest absolute Gasteiger partial charge is 0.362 e. The lowest BCUT2D eigenvalue weighted by atomic mass is 9.86. The molecule has 0 spiro atoms. The normalized spacial score (nSPS) is 20.4. The van der Waals surface area contributed by atoms with E-state index in [0.717, 1.165) is 24.8 Å². The fourth-order valence-electron chi connectivity index (χ4n) is 3.73. The summed E-state index contributed by atoms with van der Waals surface area (Å²) in [5.41, 5.74) is 1.77. The van der Waals surface area contributed by atoms with Crippen LogP contribution in [0.4, 0.5) is 10.2 Å². The van der Waals surface area contributed by atoms with Crippen molar-refractivity contribution in [3.63, 3.8) is 0 Å². The predicted molar refractivity (Wildman–Crippen MR) is 99.6 cm³/mol. The smallest absolute Gasteiger partial charge is 0.293 e. The predicted octanol–water partition coefficient (Wildman–Crippen LogP) is 3.45. The van der Waals surface area contributed by atoms with Crippen molar-refractivity contribution in [1.82, 2.24) is 19.5 Å². The SMILES string of the molecule is CC1CCCCC1Nc1nc(-c2c[nH]c3ncc(F)cc23)cn(C)c1=O. The van der Waals surface area contributed by atoms with E-state index in [1.165, 1.54) is 23.3 Å². The van der Waals surface area contributed by atoms with E-state index in [1.807, 2.05) is 0 Å². The summed E-state index contributed by atoms with van der Waals surface area (Å²) in [6.45, 7) is 2.21. The Morgan fingerprint density at radius 3 is 2.96 bits per heavy atom. The maximum Gasteiger partial charge on any atom is 0.293 e. The molecule has 1 aliphatic rings. The first-order valence-corrected chi connectivity index (χ1v) is 9.00. The van der Waals surface area contributed by atoms with Gasteiger partial charge in [-0.1, -0.05) is 19.8 Å². The van der Waals surface area contributed by atoms with Gasteiger partial charge in [0, 0.05) is 36.4 Å². The molecule has 2 unspecified atom stereocenters. The van der Waals surface area contributed by atoms with Gasteiger partial charge in [0.05, 0.1) is 11.9 Å². The summed E-state index contributed by atoms with van der Waals surface area (Å²) in [5, 5.41) is 4.00. The van der Waals surface area contributed by atoms with Gasteiger partial charge in [0.2, 0.25) is 0 Å². The summed E-state index contributed by atoms with van der Waals surface area (Å²) in [6.07, 6.45) is 9.19. The number of rotatable bonds is 3. The minimum atomic E-state index is -0.405. The molecule has 1 aliphatic carbocycles. The lowest BCUT2D eigenvalue weighted by Crippen LogP contribution is -2.34. The second-order valence-corrected chi connectivity index (χ2v) is 7.16. The van der Waals surface area contributed by atoms with Crippen molar-refractivity contribution < 1.29 is 4.39 Å². The summed E-state index contributed by atoms with van der Waals surface area (Å²) in [7, 11) is 1.71. The van der Waals surface area contributed by atoms with E-state index in [9.17, 15) is 9.18 Å². The Balaban J connectivity index is 1.76. The van der Waals surface area contributed by atoms with Crippen molar-refractivity contribution in [1.29, 1.82) is 0 Å². The fourth-order valence-corrected chi connectivity index (χ4v) is 3.73. The lowest BCUT2D eigenvalue weighted by molar-refractivity contribution is 0.348. The zero-order valence-electron chi connectivity index (χ0n) is 14.9. The fraction of sp³-hybridized carbons (Fsp3) is 0.421. The average molecular weight is 355 g/mol. The van der Waals surface area contributed by atoms with Crippen molar-refractivity contribution in [3.05, 3.63) is 40.8 Å². The number of anilines is 1. The maximum atomic E-state index is 13.6. The number of H-pyrrole nitrogens is 1. The van der Waals surface area contributed by atoms with Crippen LogP contribution in [-0.2, 0) is 7.05 Å². The number of hydrogen-bond donors (Lipinski definition) is 2. The zero-order valence-corrected chi connectivity index (χ0v) is 14.9. The van der Waals surface area contributed by atoms with Gasteiger partial charge in [-0.15, -0.1) is 0 Å². The Morgan fingerprint density at radius 2 is 2.15 bits per heavy atom. The molecular formula is C19H22FN5O. The highest BCUT2D eigenvalue weighted by Crippen LogP contribution is 2.28. The Kier molecular flexibility index (Phi) is 4.22. The van der Waals surface area contributed by atoms with Gasteiger partial charge in [0.25, 0.3) is 5.56 Å². The topological polar surface area (TPSA) is 75.6 Å². The number of halogens is 1. The van der Waals surface area contributed by atoms with Gasteiger partial charge in [-0.25, -0.2) is 14.4 Å². The second kappa shape index (κ2) is 6.55. The summed E-state index contributed by atoms with van der Waals surface area (Å²) < 4.78 is 15.1. The Morgan fingerprint density at radius 1 is 1.35 bits per heavy atom. The van der Waals surface area contributed by atoms with Crippen molar-refractivity contribution in [2.75, 3.05) is 5.32 Å². The average Bonchev–Trinajstić information content (AvgIpc) is 3.03.